The number of ether oxygens (including phenoxy) is 1. The molecule has 0 radical (unpaired) electrons. The average Bonchev–Trinajstić information content (AvgIpc) is 3.08. The van der Waals surface area contributed by atoms with Crippen molar-refractivity contribution >= 4 is 21.3 Å². The van der Waals surface area contributed by atoms with E-state index in [9.17, 15) is 13.5 Å². The molecule has 0 bridgehead atoms. The number of anilines is 1. The summed E-state index contributed by atoms with van der Waals surface area (Å²) in [4.78, 5) is 9.39. The Labute approximate surface area is 180 Å². The molecule has 2 aromatic carbocycles. The minimum atomic E-state index is -3.22. The highest BCUT2D eigenvalue weighted by atomic mass is 32.2. The van der Waals surface area contributed by atoms with Gasteiger partial charge < -0.3 is 15.2 Å². The van der Waals surface area contributed by atoms with Crippen molar-refractivity contribution in [3.63, 3.8) is 0 Å². The number of aryl methyl sites for hydroxylation is 1. The van der Waals surface area contributed by atoms with Gasteiger partial charge in [0.15, 0.2) is 32.8 Å². The second-order valence-corrected chi connectivity index (χ2v) is 9.19. The van der Waals surface area contributed by atoms with Crippen molar-refractivity contribution in [2.45, 2.75) is 18.4 Å². The quantitative estimate of drug-likeness (QED) is 0.475. The largest absolute Gasteiger partial charge is 0.504 e. The van der Waals surface area contributed by atoms with Crippen LogP contribution >= 0.6 is 0 Å². The molecule has 2 heterocycles. The zero-order valence-corrected chi connectivity index (χ0v) is 18.1. The predicted octanol–water partition coefficient (Wildman–Crippen LogP) is 3.43. The molecule has 0 saturated carbocycles. The number of imidazole rings is 1. The second kappa shape index (κ2) is 7.92. The van der Waals surface area contributed by atoms with Gasteiger partial charge in [-0.25, -0.2) is 18.4 Å². The molecule has 0 saturated heterocycles. The van der Waals surface area contributed by atoms with E-state index in [4.69, 9.17) is 4.74 Å². The Bertz CT molecular complexity index is 1360. The maximum absolute atomic E-state index is 11.6. The Kier molecular flexibility index (Phi) is 5.28. The van der Waals surface area contributed by atoms with E-state index in [1.807, 2.05) is 23.6 Å². The maximum atomic E-state index is 11.6. The van der Waals surface area contributed by atoms with E-state index in [1.54, 1.807) is 42.6 Å². The standard InChI is InChI=1S/C22H22N4O4S/c1-14-20(16-6-9-18(27)19(12-16)30-2)26-11-10-23-21(22(26)25-14)24-13-15-4-7-17(8-5-15)31(3,28)29/h4-12,27H,13H2,1-3H3,(H,23,24). The number of nitrogens with one attached hydrogen (secondary N) is 1. The monoisotopic (exact) mass is 438 g/mol. The fraction of sp³-hybridized carbons (Fsp3) is 0.182. The first kappa shape index (κ1) is 20.7. The van der Waals surface area contributed by atoms with Gasteiger partial charge in [0.25, 0.3) is 0 Å². The van der Waals surface area contributed by atoms with Gasteiger partial charge in [-0.3, -0.25) is 4.40 Å². The molecule has 0 atom stereocenters. The minimum absolute atomic E-state index is 0.0728. The summed E-state index contributed by atoms with van der Waals surface area (Å²) in [5.74, 6) is 1.07. The summed E-state index contributed by atoms with van der Waals surface area (Å²) >= 11 is 0. The van der Waals surface area contributed by atoms with Crippen LogP contribution < -0.4 is 10.1 Å². The minimum Gasteiger partial charge on any atom is -0.504 e. The smallest absolute Gasteiger partial charge is 0.180 e. The summed E-state index contributed by atoms with van der Waals surface area (Å²) in [6.45, 7) is 2.38. The van der Waals surface area contributed by atoms with Crippen LogP contribution in [0.1, 0.15) is 11.3 Å². The SMILES string of the molecule is COc1cc(-c2c(C)nc3c(NCc4ccc(S(C)(=O)=O)cc4)nccn23)ccc1O. The Morgan fingerprint density at radius 2 is 1.90 bits per heavy atom. The topological polar surface area (TPSA) is 106 Å². The third-order valence-electron chi connectivity index (χ3n) is 4.98. The molecule has 0 unspecified atom stereocenters. The van der Waals surface area contributed by atoms with Crippen LogP contribution in [0.5, 0.6) is 11.5 Å². The Balaban J connectivity index is 1.66. The van der Waals surface area contributed by atoms with Gasteiger partial charge in [-0.05, 0) is 42.8 Å². The molecular formula is C22H22N4O4S. The molecule has 0 aliphatic heterocycles. The number of hydrogen-bond donors (Lipinski definition) is 2. The Morgan fingerprint density at radius 1 is 1.16 bits per heavy atom. The lowest BCUT2D eigenvalue weighted by Gasteiger charge is -2.10. The van der Waals surface area contributed by atoms with E-state index in [0.717, 1.165) is 22.5 Å². The molecule has 4 aromatic rings. The zero-order valence-electron chi connectivity index (χ0n) is 17.3. The fourth-order valence-corrected chi connectivity index (χ4v) is 4.06. The van der Waals surface area contributed by atoms with Crippen molar-refractivity contribution in [2.24, 2.45) is 0 Å². The molecule has 2 N–H and O–H groups in total. The molecule has 8 nitrogen and oxygen atoms in total. The molecule has 31 heavy (non-hydrogen) atoms. The van der Waals surface area contributed by atoms with Crippen LogP contribution in [0, 0.1) is 6.92 Å². The van der Waals surface area contributed by atoms with E-state index >= 15 is 0 Å². The van der Waals surface area contributed by atoms with Crippen LogP contribution in [0.25, 0.3) is 16.9 Å². The van der Waals surface area contributed by atoms with Crippen LogP contribution in [-0.4, -0.2) is 41.3 Å². The molecule has 0 aliphatic rings. The van der Waals surface area contributed by atoms with Crippen LogP contribution in [0.4, 0.5) is 5.82 Å². The number of benzene rings is 2. The van der Waals surface area contributed by atoms with Gasteiger partial charge in [-0.1, -0.05) is 12.1 Å². The van der Waals surface area contributed by atoms with Crippen molar-refractivity contribution in [3.8, 4) is 22.8 Å². The molecule has 4 rings (SSSR count). The van der Waals surface area contributed by atoms with Crippen molar-refractivity contribution in [1.29, 1.82) is 0 Å². The van der Waals surface area contributed by atoms with E-state index < -0.39 is 9.84 Å². The molecule has 9 heteroatoms. The average molecular weight is 439 g/mol. The normalized spacial score (nSPS) is 11.6. The number of rotatable bonds is 6. The second-order valence-electron chi connectivity index (χ2n) is 7.17. The number of fused-ring (bicyclic) bond motifs is 1. The summed E-state index contributed by atoms with van der Waals surface area (Å²) in [5.41, 5.74) is 4.11. The summed E-state index contributed by atoms with van der Waals surface area (Å²) in [6, 6.07) is 11.9. The first-order valence-corrected chi connectivity index (χ1v) is 11.4. The fourth-order valence-electron chi connectivity index (χ4n) is 3.43. The van der Waals surface area contributed by atoms with Crippen LogP contribution in [0.2, 0.25) is 0 Å². The van der Waals surface area contributed by atoms with Gasteiger partial charge in [0.1, 0.15) is 0 Å². The molecule has 0 fully saturated rings. The lowest BCUT2D eigenvalue weighted by Crippen LogP contribution is -2.04. The molecule has 2 aromatic heterocycles. The van der Waals surface area contributed by atoms with Crippen molar-refractivity contribution < 1.29 is 18.3 Å². The van der Waals surface area contributed by atoms with Gasteiger partial charge in [0.2, 0.25) is 0 Å². The van der Waals surface area contributed by atoms with Crippen molar-refractivity contribution in [3.05, 3.63) is 66.1 Å². The Morgan fingerprint density at radius 3 is 2.58 bits per heavy atom. The van der Waals surface area contributed by atoms with E-state index in [-0.39, 0.29) is 10.6 Å². The number of nitrogens with zero attached hydrogens (tertiary/aromatic N) is 3. The van der Waals surface area contributed by atoms with E-state index in [1.165, 1.54) is 13.4 Å². The first-order valence-electron chi connectivity index (χ1n) is 9.52. The van der Waals surface area contributed by atoms with Crippen molar-refractivity contribution in [1.82, 2.24) is 14.4 Å². The summed E-state index contributed by atoms with van der Waals surface area (Å²) in [6.07, 6.45) is 4.70. The lowest BCUT2D eigenvalue weighted by atomic mass is 10.1. The van der Waals surface area contributed by atoms with Gasteiger partial charge in [-0.2, -0.15) is 0 Å². The van der Waals surface area contributed by atoms with Crippen LogP contribution in [0.15, 0.2) is 59.8 Å². The van der Waals surface area contributed by atoms with Crippen LogP contribution in [0.3, 0.4) is 0 Å². The van der Waals surface area contributed by atoms with Gasteiger partial charge in [0.05, 0.1) is 23.4 Å². The number of hydrogen-bond acceptors (Lipinski definition) is 7. The number of phenolic OH excluding ortho intramolecular Hbond substituents is 1. The molecule has 0 amide bonds. The number of aromatic nitrogens is 3. The summed E-state index contributed by atoms with van der Waals surface area (Å²) < 4.78 is 30.4. The summed E-state index contributed by atoms with van der Waals surface area (Å²) in [7, 11) is -1.71. The first-order chi connectivity index (χ1) is 14.8. The zero-order chi connectivity index (χ0) is 22.2. The molecule has 160 valence electrons. The van der Waals surface area contributed by atoms with Gasteiger partial charge in [0, 0.05) is 30.8 Å². The van der Waals surface area contributed by atoms with E-state index in [0.29, 0.717) is 23.8 Å². The van der Waals surface area contributed by atoms with E-state index in [2.05, 4.69) is 15.3 Å². The molecule has 0 spiro atoms. The van der Waals surface area contributed by atoms with Crippen LogP contribution in [-0.2, 0) is 16.4 Å². The highest BCUT2D eigenvalue weighted by Gasteiger charge is 2.16. The highest BCUT2D eigenvalue weighted by Crippen LogP contribution is 2.34. The van der Waals surface area contributed by atoms with Crippen molar-refractivity contribution in [2.75, 3.05) is 18.7 Å². The molecule has 0 aliphatic carbocycles. The maximum Gasteiger partial charge on any atom is 0.180 e. The van der Waals surface area contributed by atoms with Gasteiger partial charge >= 0.3 is 0 Å². The third-order valence-corrected chi connectivity index (χ3v) is 6.11. The summed E-state index contributed by atoms with van der Waals surface area (Å²) in [5, 5.41) is 13.2. The number of phenols is 1. The third kappa shape index (κ3) is 4.04. The molecular weight excluding hydrogens is 416 g/mol. The Hall–Kier alpha value is -3.59. The predicted molar refractivity (Wildman–Crippen MR) is 118 cm³/mol. The lowest BCUT2D eigenvalue weighted by molar-refractivity contribution is 0.373. The number of methoxy groups -OCH3 is 1. The van der Waals surface area contributed by atoms with Gasteiger partial charge in [-0.15, -0.1) is 0 Å². The highest BCUT2D eigenvalue weighted by molar-refractivity contribution is 7.90. The number of aromatic hydroxyl groups is 1. The number of sulfone groups is 1.